The number of carboxylic acids is 2. The van der Waals surface area contributed by atoms with E-state index in [0.29, 0.717) is 29.6 Å². The maximum absolute atomic E-state index is 14.9. The van der Waals surface area contributed by atoms with Crippen molar-refractivity contribution in [1.29, 1.82) is 0 Å². The van der Waals surface area contributed by atoms with E-state index < -0.39 is 29.1 Å². The number of aliphatic carboxylic acids is 2. The van der Waals surface area contributed by atoms with Crippen LogP contribution in [0.2, 0.25) is 5.02 Å². The third-order valence-corrected chi connectivity index (χ3v) is 7.17. The highest BCUT2D eigenvalue weighted by Crippen LogP contribution is 2.53. The molecule has 6 heteroatoms. The molecule has 2 unspecified atom stereocenters. The van der Waals surface area contributed by atoms with E-state index in [1.807, 2.05) is 0 Å². The zero-order chi connectivity index (χ0) is 21.5. The fourth-order valence-electron chi connectivity index (χ4n) is 5.14. The lowest BCUT2D eigenvalue weighted by Gasteiger charge is -2.45. The van der Waals surface area contributed by atoms with E-state index >= 15 is 0 Å². The number of aryl methyl sites for hydroxylation is 1. The quantitative estimate of drug-likeness (QED) is 0.638. The summed E-state index contributed by atoms with van der Waals surface area (Å²) >= 11 is 6.03. The maximum atomic E-state index is 14.9. The SMILES string of the molecule is CC1=C(C(=O)O)C(C)C(C(=O)O)(C2CCCCC2)C=C1c1cc(C)c(Cl)cc1F. The Hall–Kier alpha value is -2.14. The number of hydrogen-bond donors (Lipinski definition) is 2. The lowest BCUT2D eigenvalue weighted by molar-refractivity contribution is -0.153. The van der Waals surface area contributed by atoms with E-state index in [9.17, 15) is 24.2 Å². The first-order chi connectivity index (χ1) is 13.6. The summed E-state index contributed by atoms with van der Waals surface area (Å²) in [5.74, 6) is -3.72. The summed E-state index contributed by atoms with van der Waals surface area (Å²) in [5, 5.41) is 20.6. The highest BCUT2D eigenvalue weighted by Gasteiger charge is 2.53. The molecule has 0 aromatic heterocycles. The summed E-state index contributed by atoms with van der Waals surface area (Å²) in [6, 6.07) is 2.76. The molecular weight excluding hydrogens is 395 g/mol. The average molecular weight is 421 g/mol. The lowest BCUT2D eigenvalue weighted by Crippen LogP contribution is -2.47. The van der Waals surface area contributed by atoms with Gasteiger partial charge in [-0.15, -0.1) is 0 Å². The first-order valence-corrected chi connectivity index (χ1v) is 10.4. The minimum Gasteiger partial charge on any atom is -0.481 e. The largest absolute Gasteiger partial charge is 0.481 e. The number of halogens is 2. The van der Waals surface area contributed by atoms with Crippen molar-refractivity contribution in [2.45, 2.75) is 52.9 Å². The molecule has 29 heavy (non-hydrogen) atoms. The van der Waals surface area contributed by atoms with Gasteiger partial charge in [-0.05, 0) is 61.4 Å². The van der Waals surface area contributed by atoms with Crippen LogP contribution in [0.1, 0.15) is 57.1 Å². The summed E-state index contributed by atoms with van der Waals surface area (Å²) in [4.78, 5) is 24.8. The van der Waals surface area contributed by atoms with Crippen LogP contribution in [0.3, 0.4) is 0 Å². The van der Waals surface area contributed by atoms with E-state index in [4.69, 9.17) is 11.6 Å². The maximum Gasteiger partial charge on any atom is 0.332 e. The van der Waals surface area contributed by atoms with E-state index in [-0.39, 0.29) is 22.1 Å². The molecule has 4 nitrogen and oxygen atoms in total. The molecule has 0 saturated heterocycles. The molecule has 0 amide bonds. The van der Waals surface area contributed by atoms with Crippen LogP contribution >= 0.6 is 11.6 Å². The molecule has 0 spiro atoms. The number of benzene rings is 1. The second-order valence-electron chi connectivity index (χ2n) is 8.28. The molecular formula is C23H26ClFO4. The fraction of sp³-hybridized carbons (Fsp3) is 0.478. The molecule has 3 rings (SSSR count). The van der Waals surface area contributed by atoms with Crippen LogP contribution in [0, 0.1) is 30.0 Å². The van der Waals surface area contributed by atoms with Crippen LogP contribution in [-0.4, -0.2) is 22.2 Å². The molecule has 1 aromatic carbocycles. The van der Waals surface area contributed by atoms with Gasteiger partial charge < -0.3 is 10.2 Å². The average Bonchev–Trinajstić information content (AvgIpc) is 2.66. The van der Waals surface area contributed by atoms with Crippen LogP contribution in [0.5, 0.6) is 0 Å². The molecule has 2 aliphatic rings. The van der Waals surface area contributed by atoms with Crippen LogP contribution < -0.4 is 0 Å². The Balaban J connectivity index is 2.32. The van der Waals surface area contributed by atoms with E-state index in [2.05, 4.69) is 0 Å². The van der Waals surface area contributed by atoms with Gasteiger partial charge in [-0.2, -0.15) is 0 Å². The van der Waals surface area contributed by atoms with Gasteiger partial charge in [0, 0.05) is 22.1 Å². The zero-order valence-corrected chi connectivity index (χ0v) is 17.6. The molecule has 2 N–H and O–H groups in total. The van der Waals surface area contributed by atoms with Gasteiger partial charge in [0.25, 0.3) is 0 Å². The third-order valence-electron chi connectivity index (χ3n) is 6.76. The molecule has 156 valence electrons. The summed E-state index contributed by atoms with van der Waals surface area (Å²) in [5.41, 5.74) is 0.233. The Labute approximate surface area is 175 Å². The number of carboxylic acid groups (broad SMARTS) is 2. The van der Waals surface area contributed by atoms with Gasteiger partial charge in [0.05, 0.1) is 5.41 Å². The van der Waals surface area contributed by atoms with Gasteiger partial charge >= 0.3 is 11.9 Å². The highest BCUT2D eigenvalue weighted by molar-refractivity contribution is 6.31. The highest BCUT2D eigenvalue weighted by atomic mass is 35.5. The summed E-state index contributed by atoms with van der Waals surface area (Å²) in [7, 11) is 0. The molecule has 1 aromatic rings. The molecule has 1 fully saturated rings. The second kappa shape index (κ2) is 7.94. The molecule has 0 heterocycles. The Kier molecular flexibility index (Phi) is 5.91. The Bertz CT molecular complexity index is 927. The Morgan fingerprint density at radius 2 is 1.76 bits per heavy atom. The van der Waals surface area contributed by atoms with Gasteiger partial charge in [0.1, 0.15) is 5.82 Å². The standard InChI is InChI=1S/C23H26ClFO4/c1-12-9-16(19(25)10-18(12)24)17-11-23(22(28)29,15-7-5-4-6-8-15)14(3)20(13(17)2)21(26)27/h9-11,14-15H,4-8H2,1-3H3,(H,26,27)(H,28,29). The van der Waals surface area contributed by atoms with Crippen molar-refractivity contribution < 1.29 is 24.2 Å². The first-order valence-electron chi connectivity index (χ1n) is 9.98. The van der Waals surface area contributed by atoms with Crippen molar-refractivity contribution >= 4 is 29.1 Å². The van der Waals surface area contributed by atoms with Gasteiger partial charge in [0.2, 0.25) is 0 Å². The Morgan fingerprint density at radius 1 is 1.14 bits per heavy atom. The number of carbonyl (C=O) groups is 2. The molecule has 2 aliphatic carbocycles. The van der Waals surface area contributed by atoms with Crippen LogP contribution in [0.4, 0.5) is 4.39 Å². The minimum absolute atomic E-state index is 0.0440. The van der Waals surface area contributed by atoms with Crippen LogP contribution in [0.15, 0.2) is 29.4 Å². The molecule has 1 saturated carbocycles. The van der Waals surface area contributed by atoms with Crippen LogP contribution in [0.25, 0.3) is 5.57 Å². The smallest absolute Gasteiger partial charge is 0.332 e. The molecule has 0 bridgehead atoms. The van der Waals surface area contributed by atoms with Crippen molar-refractivity contribution in [2.75, 3.05) is 0 Å². The predicted octanol–water partition coefficient (Wildman–Crippen LogP) is 5.87. The van der Waals surface area contributed by atoms with Gasteiger partial charge in [-0.25, -0.2) is 9.18 Å². The van der Waals surface area contributed by atoms with Crippen molar-refractivity contribution in [3.8, 4) is 0 Å². The number of rotatable bonds is 4. The van der Waals surface area contributed by atoms with Crippen molar-refractivity contribution in [2.24, 2.45) is 17.3 Å². The normalized spacial score (nSPS) is 25.7. The number of allylic oxidation sites excluding steroid dienone is 2. The van der Waals surface area contributed by atoms with Crippen molar-refractivity contribution in [1.82, 2.24) is 0 Å². The number of hydrogen-bond acceptors (Lipinski definition) is 2. The summed E-state index contributed by atoms with van der Waals surface area (Å²) in [6.45, 7) is 5.04. The van der Waals surface area contributed by atoms with Crippen LogP contribution in [-0.2, 0) is 9.59 Å². The molecule has 2 atom stereocenters. The third kappa shape index (κ3) is 3.50. The van der Waals surface area contributed by atoms with E-state index in [0.717, 1.165) is 19.3 Å². The van der Waals surface area contributed by atoms with Crippen molar-refractivity contribution in [3.63, 3.8) is 0 Å². The minimum atomic E-state index is -1.39. The summed E-state index contributed by atoms with van der Waals surface area (Å²) < 4.78 is 14.9. The lowest BCUT2D eigenvalue weighted by atomic mass is 9.57. The Morgan fingerprint density at radius 3 is 2.31 bits per heavy atom. The summed E-state index contributed by atoms with van der Waals surface area (Å²) in [6.07, 6.45) is 5.93. The van der Waals surface area contributed by atoms with Crippen molar-refractivity contribution in [3.05, 3.63) is 51.3 Å². The monoisotopic (exact) mass is 420 g/mol. The zero-order valence-electron chi connectivity index (χ0n) is 16.9. The molecule has 0 radical (unpaired) electrons. The van der Waals surface area contributed by atoms with Gasteiger partial charge in [0.15, 0.2) is 0 Å². The van der Waals surface area contributed by atoms with E-state index in [1.165, 1.54) is 6.07 Å². The first kappa shape index (κ1) is 21.6. The predicted molar refractivity (Wildman–Crippen MR) is 110 cm³/mol. The second-order valence-corrected chi connectivity index (χ2v) is 8.69. The van der Waals surface area contributed by atoms with Gasteiger partial charge in [-0.3, -0.25) is 4.79 Å². The molecule has 0 aliphatic heterocycles. The topological polar surface area (TPSA) is 74.6 Å². The fourth-order valence-corrected chi connectivity index (χ4v) is 5.29. The van der Waals surface area contributed by atoms with Gasteiger partial charge in [-0.1, -0.05) is 43.9 Å². The van der Waals surface area contributed by atoms with E-state index in [1.54, 1.807) is 32.9 Å².